The molecule has 0 aliphatic heterocycles. The molecule has 130 valence electrons. The molecular formula is C20H19N5S. The predicted molar refractivity (Wildman–Crippen MR) is 106 cm³/mol. The standard InChI is InChI=1S/C20H19N5S/c1-3-12-25-19(15-10-8-14(2)9-11-15)23-24-20(25)26-13-18-21-16-6-4-5-7-17(16)22-18/h3-11H,1,12-13H2,2H3,(H,21,22). The average molecular weight is 361 g/mol. The zero-order valence-corrected chi connectivity index (χ0v) is 15.3. The summed E-state index contributed by atoms with van der Waals surface area (Å²) >= 11 is 1.62. The molecule has 26 heavy (non-hydrogen) atoms. The number of hydrogen-bond acceptors (Lipinski definition) is 4. The van der Waals surface area contributed by atoms with Gasteiger partial charge >= 0.3 is 0 Å². The fourth-order valence-electron chi connectivity index (χ4n) is 2.81. The van der Waals surface area contributed by atoms with Gasteiger partial charge in [0.2, 0.25) is 0 Å². The molecule has 4 rings (SSSR count). The van der Waals surface area contributed by atoms with Crippen molar-refractivity contribution in [3.8, 4) is 11.4 Å². The molecule has 2 heterocycles. The first-order chi connectivity index (χ1) is 12.7. The first-order valence-electron chi connectivity index (χ1n) is 8.42. The van der Waals surface area contributed by atoms with Gasteiger partial charge in [0.1, 0.15) is 5.82 Å². The summed E-state index contributed by atoms with van der Waals surface area (Å²) in [7, 11) is 0. The Morgan fingerprint density at radius 2 is 1.92 bits per heavy atom. The molecule has 1 N–H and O–H groups in total. The minimum Gasteiger partial charge on any atom is -0.341 e. The van der Waals surface area contributed by atoms with Gasteiger partial charge in [0.15, 0.2) is 11.0 Å². The topological polar surface area (TPSA) is 59.4 Å². The highest BCUT2D eigenvalue weighted by Crippen LogP contribution is 2.26. The van der Waals surface area contributed by atoms with E-state index in [-0.39, 0.29) is 0 Å². The molecular weight excluding hydrogens is 342 g/mol. The molecule has 6 heteroatoms. The Hall–Kier alpha value is -2.86. The van der Waals surface area contributed by atoms with Gasteiger partial charge in [-0.05, 0) is 19.1 Å². The van der Waals surface area contributed by atoms with Gasteiger partial charge in [0.25, 0.3) is 0 Å². The van der Waals surface area contributed by atoms with Crippen LogP contribution in [-0.4, -0.2) is 24.7 Å². The largest absolute Gasteiger partial charge is 0.341 e. The van der Waals surface area contributed by atoms with Crippen LogP contribution in [0.15, 0.2) is 66.3 Å². The minimum absolute atomic E-state index is 0.665. The van der Waals surface area contributed by atoms with Crippen LogP contribution in [-0.2, 0) is 12.3 Å². The van der Waals surface area contributed by atoms with E-state index in [2.05, 4.69) is 62.5 Å². The van der Waals surface area contributed by atoms with Crippen LogP contribution >= 0.6 is 11.8 Å². The summed E-state index contributed by atoms with van der Waals surface area (Å²) in [5.41, 5.74) is 4.32. The molecule has 0 unspecified atom stereocenters. The number of thioether (sulfide) groups is 1. The van der Waals surface area contributed by atoms with Crippen molar-refractivity contribution >= 4 is 22.8 Å². The molecule has 0 radical (unpaired) electrons. The maximum absolute atomic E-state index is 4.62. The summed E-state index contributed by atoms with van der Waals surface area (Å²) in [4.78, 5) is 7.98. The van der Waals surface area contributed by atoms with Gasteiger partial charge in [0, 0.05) is 12.1 Å². The maximum atomic E-state index is 4.62. The number of allylic oxidation sites excluding steroid dienone is 1. The predicted octanol–water partition coefficient (Wildman–Crippen LogP) is 4.61. The third-order valence-corrected chi connectivity index (χ3v) is 5.09. The summed E-state index contributed by atoms with van der Waals surface area (Å²) in [6.45, 7) is 6.61. The Morgan fingerprint density at radius 1 is 1.12 bits per heavy atom. The van der Waals surface area contributed by atoms with Crippen molar-refractivity contribution in [1.29, 1.82) is 0 Å². The van der Waals surface area contributed by atoms with Gasteiger partial charge in [-0.3, -0.25) is 4.57 Å². The van der Waals surface area contributed by atoms with Gasteiger partial charge in [0.05, 0.1) is 16.8 Å². The summed E-state index contributed by atoms with van der Waals surface area (Å²) in [6.07, 6.45) is 1.87. The van der Waals surface area contributed by atoms with Crippen LogP contribution in [0.4, 0.5) is 0 Å². The van der Waals surface area contributed by atoms with E-state index in [0.717, 1.165) is 33.4 Å². The summed E-state index contributed by atoms with van der Waals surface area (Å²) in [5, 5.41) is 9.65. The van der Waals surface area contributed by atoms with E-state index in [0.29, 0.717) is 12.3 Å². The van der Waals surface area contributed by atoms with Crippen LogP contribution in [0, 0.1) is 6.92 Å². The molecule has 0 bridgehead atoms. The lowest BCUT2D eigenvalue weighted by Crippen LogP contribution is -2.01. The van der Waals surface area contributed by atoms with Crippen molar-refractivity contribution in [2.45, 2.75) is 24.4 Å². The number of nitrogens with zero attached hydrogens (tertiary/aromatic N) is 4. The highest BCUT2D eigenvalue weighted by atomic mass is 32.2. The van der Waals surface area contributed by atoms with Gasteiger partial charge in [-0.25, -0.2) is 4.98 Å². The Kier molecular flexibility index (Phi) is 4.58. The van der Waals surface area contributed by atoms with E-state index in [4.69, 9.17) is 0 Å². The number of aromatic amines is 1. The number of rotatable bonds is 6. The number of hydrogen-bond donors (Lipinski definition) is 1. The van der Waals surface area contributed by atoms with E-state index in [1.54, 1.807) is 11.8 Å². The third-order valence-electron chi connectivity index (χ3n) is 4.11. The molecule has 0 saturated carbocycles. The molecule has 5 nitrogen and oxygen atoms in total. The van der Waals surface area contributed by atoms with Gasteiger partial charge in [-0.1, -0.05) is 59.8 Å². The smallest absolute Gasteiger partial charge is 0.192 e. The number of para-hydroxylation sites is 2. The number of aromatic nitrogens is 5. The molecule has 0 atom stereocenters. The van der Waals surface area contributed by atoms with E-state index >= 15 is 0 Å². The van der Waals surface area contributed by atoms with E-state index in [1.165, 1.54) is 5.56 Å². The van der Waals surface area contributed by atoms with Crippen molar-refractivity contribution in [2.24, 2.45) is 0 Å². The Balaban J connectivity index is 1.59. The second-order valence-corrected chi connectivity index (χ2v) is 7.00. The first kappa shape index (κ1) is 16.6. The van der Waals surface area contributed by atoms with Crippen LogP contribution in [0.25, 0.3) is 22.4 Å². The SMILES string of the molecule is C=CCn1c(SCc2nc3ccccc3[nH]2)nnc1-c1ccc(C)cc1. The number of aryl methyl sites for hydroxylation is 1. The molecule has 0 saturated heterocycles. The molecule has 4 aromatic rings. The minimum atomic E-state index is 0.665. The lowest BCUT2D eigenvalue weighted by atomic mass is 10.1. The summed E-state index contributed by atoms with van der Waals surface area (Å²) in [6, 6.07) is 16.4. The molecule has 0 amide bonds. The van der Waals surface area contributed by atoms with Gasteiger partial charge < -0.3 is 4.98 Å². The Morgan fingerprint density at radius 3 is 2.69 bits per heavy atom. The lowest BCUT2D eigenvalue weighted by molar-refractivity contribution is 0.730. The average Bonchev–Trinajstić information content (AvgIpc) is 3.25. The van der Waals surface area contributed by atoms with Crippen molar-refractivity contribution in [2.75, 3.05) is 0 Å². The Labute approximate surface area is 156 Å². The highest BCUT2D eigenvalue weighted by molar-refractivity contribution is 7.98. The first-order valence-corrected chi connectivity index (χ1v) is 9.41. The quantitative estimate of drug-likeness (QED) is 0.402. The molecule has 2 aromatic carbocycles. The van der Waals surface area contributed by atoms with E-state index in [9.17, 15) is 0 Å². The van der Waals surface area contributed by atoms with Gasteiger partial charge in [-0.2, -0.15) is 0 Å². The normalized spacial score (nSPS) is 11.1. The number of nitrogens with one attached hydrogen (secondary N) is 1. The van der Waals surface area contributed by atoms with Crippen LogP contribution in [0.3, 0.4) is 0 Å². The van der Waals surface area contributed by atoms with Crippen LogP contribution in [0.1, 0.15) is 11.4 Å². The second kappa shape index (κ2) is 7.17. The highest BCUT2D eigenvalue weighted by Gasteiger charge is 2.14. The fraction of sp³-hybridized carbons (Fsp3) is 0.150. The number of fused-ring (bicyclic) bond motifs is 1. The molecule has 2 aromatic heterocycles. The Bertz CT molecular complexity index is 1010. The van der Waals surface area contributed by atoms with Crippen molar-refractivity contribution in [3.05, 3.63) is 72.6 Å². The molecule has 0 aliphatic carbocycles. The summed E-state index contributed by atoms with van der Waals surface area (Å²) < 4.78 is 2.09. The number of imidazole rings is 1. The lowest BCUT2D eigenvalue weighted by Gasteiger charge is -2.07. The van der Waals surface area contributed by atoms with Gasteiger partial charge in [-0.15, -0.1) is 16.8 Å². The van der Waals surface area contributed by atoms with Crippen molar-refractivity contribution < 1.29 is 0 Å². The fourth-order valence-corrected chi connectivity index (χ4v) is 3.63. The van der Waals surface area contributed by atoms with Crippen LogP contribution < -0.4 is 0 Å². The molecule has 0 fully saturated rings. The monoisotopic (exact) mass is 361 g/mol. The van der Waals surface area contributed by atoms with E-state index < -0.39 is 0 Å². The van der Waals surface area contributed by atoms with Crippen molar-refractivity contribution in [3.63, 3.8) is 0 Å². The zero-order chi connectivity index (χ0) is 17.9. The van der Waals surface area contributed by atoms with Crippen LogP contribution in [0.2, 0.25) is 0 Å². The van der Waals surface area contributed by atoms with Crippen LogP contribution in [0.5, 0.6) is 0 Å². The molecule has 0 aliphatic rings. The summed E-state index contributed by atoms with van der Waals surface area (Å²) in [5.74, 6) is 2.50. The maximum Gasteiger partial charge on any atom is 0.192 e. The zero-order valence-electron chi connectivity index (χ0n) is 14.5. The number of H-pyrrole nitrogens is 1. The third kappa shape index (κ3) is 3.28. The van der Waals surface area contributed by atoms with E-state index in [1.807, 2.05) is 30.3 Å². The molecule has 0 spiro atoms. The number of benzene rings is 2. The van der Waals surface area contributed by atoms with Crippen molar-refractivity contribution in [1.82, 2.24) is 24.7 Å². The second-order valence-electron chi connectivity index (χ2n) is 6.06.